The zero-order chi connectivity index (χ0) is 15.9. The molecule has 0 saturated carbocycles. The summed E-state index contributed by atoms with van der Waals surface area (Å²) in [5.74, 6) is 1.11. The molecule has 0 unspecified atom stereocenters. The maximum Gasteiger partial charge on any atom is 0.233 e. The van der Waals surface area contributed by atoms with Crippen molar-refractivity contribution in [3.8, 4) is 5.75 Å². The van der Waals surface area contributed by atoms with Gasteiger partial charge in [-0.1, -0.05) is 18.2 Å². The summed E-state index contributed by atoms with van der Waals surface area (Å²) in [5.41, 5.74) is 1.23. The van der Waals surface area contributed by atoms with Gasteiger partial charge in [0, 0.05) is 31.2 Å². The molecule has 0 aromatic heterocycles. The largest absolute Gasteiger partial charge is 0.496 e. The third-order valence-electron chi connectivity index (χ3n) is 4.24. The van der Waals surface area contributed by atoms with Crippen LogP contribution < -0.4 is 10.1 Å². The van der Waals surface area contributed by atoms with E-state index < -0.39 is 0 Å². The van der Waals surface area contributed by atoms with E-state index in [1.54, 1.807) is 18.9 Å². The first-order chi connectivity index (χ1) is 10.6. The first-order valence-electron chi connectivity index (χ1n) is 7.81. The van der Waals surface area contributed by atoms with Gasteiger partial charge in [0.05, 0.1) is 12.4 Å². The third-order valence-corrected chi connectivity index (χ3v) is 5.16. The van der Waals surface area contributed by atoms with Crippen LogP contribution in [0.15, 0.2) is 24.3 Å². The van der Waals surface area contributed by atoms with Crippen molar-refractivity contribution < 1.29 is 9.53 Å². The lowest BCUT2D eigenvalue weighted by Gasteiger charge is -2.33. The fourth-order valence-corrected chi connectivity index (χ4v) is 3.02. The van der Waals surface area contributed by atoms with Gasteiger partial charge in [-0.05, 0) is 32.1 Å². The molecular formula is C17H26N2O2S. The fraction of sp³-hybridized carbons (Fsp3) is 0.588. The molecule has 1 heterocycles. The van der Waals surface area contributed by atoms with Crippen LogP contribution >= 0.6 is 11.8 Å². The maximum absolute atomic E-state index is 11.9. The Bertz CT molecular complexity index is 487. The molecule has 1 aromatic rings. The smallest absolute Gasteiger partial charge is 0.233 e. The van der Waals surface area contributed by atoms with Crippen LogP contribution in [-0.4, -0.2) is 48.6 Å². The molecule has 1 N–H and O–H groups in total. The summed E-state index contributed by atoms with van der Waals surface area (Å²) in [6.45, 7) is 4.88. The molecule has 1 fully saturated rings. The van der Waals surface area contributed by atoms with E-state index in [-0.39, 0.29) is 11.2 Å². The predicted molar refractivity (Wildman–Crippen MR) is 92.4 cm³/mol. The summed E-state index contributed by atoms with van der Waals surface area (Å²) in [4.78, 5) is 14.4. The molecule has 0 radical (unpaired) electrons. The molecule has 0 bridgehead atoms. The van der Waals surface area contributed by atoms with E-state index in [1.807, 2.05) is 25.3 Å². The quantitative estimate of drug-likeness (QED) is 0.874. The Balaban J connectivity index is 1.81. The molecule has 1 atom stereocenters. The second-order valence-electron chi connectivity index (χ2n) is 5.75. The van der Waals surface area contributed by atoms with Crippen LogP contribution in [0.1, 0.15) is 25.3 Å². The number of piperidine rings is 1. The van der Waals surface area contributed by atoms with Gasteiger partial charge in [0.15, 0.2) is 0 Å². The summed E-state index contributed by atoms with van der Waals surface area (Å²) in [6, 6.07) is 8.49. The first kappa shape index (κ1) is 17.2. The van der Waals surface area contributed by atoms with E-state index in [1.165, 1.54) is 5.56 Å². The van der Waals surface area contributed by atoms with Crippen molar-refractivity contribution in [3.05, 3.63) is 29.8 Å². The second kappa shape index (κ2) is 8.44. The highest BCUT2D eigenvalue weighted by atomic mass is 32.2. The van der Waals surface area contributed by atoms with Crippen LogP contribution in [0.3, 0.4) is 0 Å². The van der Waals surface area contributed by atoms with Crippen LogP contribution in [-0.2, 0) is 11.3 Å². The molecule has 4 nitrogen and oxygen atoms in total. The molecule has 5 heteroatoms. The fourth-order valence-electron chi connectivity index (χ4n) is 2.74. The number of carbonyl (C=O) groups is 1. The molecule has 0 aliphatic carbocycles. The molecular weight excluding hydrogens is 296 g/mol. The van der Waals surface area contributed by atoms with Crippen molar-refractivity contribution in [1.82, 2.24) is 10.2 Å². The van der Waals surface area contributed by atoms with Gasteiger partial charge >= 0.3 is 0 Å². The molecule has 122 valence electrons. The van der Waals surface area contributed by atoms with Crippen LogP contribution in [0.5, 0.6) is 5.75 Å². The van der Waals surface area contributed by atoms with E-state index in [2.05, 4.69) is 22.3 Å². The van der Waals surface area contributed by atoms with E-state index >= 15 is 0 Å². The second-order valence-corrected chi connectivity index (χ2v) is 6.93. The van der Waals surface area contributed by atoms with Gasteiger partial charge in [-0.3, -0.25) is 9.69 Å². The van der Waals surface area contributed by atoms with Crippen molar-refractivity contribution in [3.63, 3.8) is 0 Å². The predicted octanol–water partition coefficient (Wildman–Crippen LogP) is 2.53. The Morgan fingerprint density at radius 2 is 2.09 bits per heavy atom. The van der Waals surface area contributed by atoms with Gasteiger partial charge in [0.2, 0.25) is 5.91 Å². The lowest BCUT2D eigenvalue weighted by atomic mass is 10.0. The summed E-state index contributed by atoms with van der Waals surface area (Å²) < 4.78 is 5.41. The third kappa shape index (κ3) is 4.65. The van der Waals surface area contributed by atoms with Crippen LogP contribution in [0, 0.1) is 0 Å². The average Bonchev–Trinajstić information content (AvgIpc) is 2.56. The maximum atomic E-state index is 11.9. The zero-order valence-electron chi connectivity index (χ0n) is 13.7. The van der Waals surface area contributed by atoms with Gasteiger partial charge in [0.25, 0.3) is 0 Å². The summed E-state index contributed by atoms with van der Waals surface area (Å²) >= 11 is 1.59. The molecule has 1 amide bonds. The van der Waals surface area contributed by atoms with Gasteiger partial charge < -0.3 is 10.1 Å². The number of likely N-dealkylation sites (tertiary alicyclic amines) is 1. The summed E-state index contributed by atoms with van der Waals surface area (Å²) in [6.07, 6.45) is 4.00. The van der Waals surface area contributed by atoms with Gasteiger partial charge in [-0.2, -0.15) is 11.8 Å². The molecule has 1 aliphatic rings. The highest BCUT2D eigenvalue weighted by molar-refractivity contribution is 7.99. The number of ether oxygens (including phenoxy) is 1. The molecule has 22 heavy (non-hydrogen) atoms. The van der Waals surface area contributed by atoms with E-state index in [9.17, 15) is 4.79 Å². The van der Waals surface area contributed by atoms with Crippen molar-refractivity contribution in [2.75, 3.05) is 26.5 Å². The van der Waals surface area contributed by atoms with Crippen LogP contribution in [0.25, 0.3) is 0 Å². The average molecular weight is 322 g/mol. The molecule has 1 aliphatic heterocycles. The normalized spacial score (nSPS) is 18.0. The van der Waals surface area contributed by atoms with Crippen LogP contribution in [0.2, 0.25) is 0 Å². The number of carbonyl (C=O) groups excluding carboxylic acids is 1. The number of nitrogens with one attached hydrogen (secondary N) is 1. The lowest BCUT2D eigenvalue weighted by molar-refractivity contribution is -0.121. The minimum absolute atomic E-state index is 0.0339. The van der Waals surface area contributed by atoms with Crippen molar-refractivity contribution in [2.45, 2.75) is 37.6 Å². The van der Waals surface area contributed by atoms with Gasteiger partial charge in [0.1, 0.15) is 5.75 Å². The Kier molecular flexibility index (Phi) is 6.58. The highest BCUT2D eigenvalue weighted by Crippen LogP contribution is 2.21. The number of nitrogens with zero attached hydrogens (tertiary/aromatic N) is 1. The highest BCUT2D eigenvalue weighted by Gasteiger charge is 2.22. The number of hydrogen-bond donors (Lipinski definition) is 1. The van der Waals surface area contributed by atoms with Crippen molar-refractivity contribution in [1.29, 1.82) is 0 Å². The Morgan fingerprint density at radius 3 is 2.73 bits per heavy atom. The zero-order valence-corrected chi connectivity index (χ0v) is 14.5. The molecule has 2 rings (SSSR count). The number of hydrogen-bond acceptors (Lipinski definition) is 4. The number of rotatable bonds is 6. The SMILES string of the molecule is COc1ccccc1CN1CCC(NC(=O)[C@@H](C)SC)CC1. The lowest BCUT2D eigenvalue weighted by Crippen LogP contribution is -2.46. The van der Waals surface area contributed by atoms with E-state index in [0.29, 0.717) is 6.04 Å². The van der Waals surface area contributed by atoms with Crippen molar-refractivity contribution in [2.24, 2.45) is 0 Å². The van der Waals surface area contributed by atoms with Crippen molar-refractivity contribution >= 4 is 17.7 Å². The molecule has 1 aromatic carbocycles. The number of thioether (sulfide) groups is 1. The number of para-hydroxylation sites is 1. The van der Waals surface area contributed by atoms with Gasteiger partial charge in [-0.25, -0.2) is 0 Å². The standard InChI is InChI=1S/C17H26N2O2S/c1-13(22-3)17(20)18-15-8-10-19(11-9-15)12-14-6-4-5-7-16(14)21-2/h4-7,13,15H,8-12H2,1-3H3,(H,18,20)/t13-/m1/s1. The Hall–Kier alpha value is -1.20. The molecule has 0 spiro atoms. The van der Waals surface area contributed by atoms with Crippen LogP contribution in [0.4, 0.5) is 0 Å². The Labute approximate surface area is 137 Å². The Morgan fingerprint density at radius 1 is 1.41 bits per heavy atom. The number of benzene rings is 1. The minimum Gasteiger partial charge on any atom is -0.496 e. The minimum atomic E-state index is 0.0339. The summed E-state index contributed by atoms with van der Waals surface area (Å²) in [7, 11) is 1.72. The van der Waals surface area contributed by atoms with Gasteiger partial charge in [-0.15, -0.1) is 0 Å². The van der Waals surface area contributed by atoms with E-state index in [0.717, 1.165) is 38.2 Å². The monoisotopic (exact) mass is 322 g/mol. The topological polar surface area (TPSA) is 41.6 Å². The van der Waals surface area contributed by atoms with E-state index in [4.69, 9.17) is 4.74 Å². The molecule has 1 saturated heterocycles. The number of amides is 1. The number of methoxy groups -OCH3 is 1. The first-order valence-corrected chi connectivity index (χ1v) is 9.10. The summed E-state index contributed by atoms with van der Waals surface area (Å²) in [5, 5.41) is 3.20.